The molecule has 1 unspecified atom stereocenters. The second-order valence-corrected chi connectivity index (χ2v) is 4.21. The van der Waals surface area contributed by atoms with Gasteiger partial charge in [-0.25, -0.2) is 0 Å². The number of hydrogen-bond donors (Lipinski definition) is 1. The summed E-state index contributed by atoms with van der Waals surface area (Å²) in [6, 6.07) is 7.66. The maximum absolute atomic E-state index is 9.27. The minimum Gasteiger partial charge on any atom is -0.464 e. The van der Waals surface area contributed by atoms with Gasteiger partial charge in [-0.1, -0.05) is 23.4 Å². The van der Waals surface area contributed by atoms with Crippen LogP contribution < -0.4 is 0 Å². The van der Waals surface area contributed by atoms with Crippen molar-refractivity contribution in [2.75, 3.05) is 0 Å². The third-order valence-electron chi connectivity index (χ3n) is 2.66. The van der Waals surface area contributed by atoms with Crippen LogP contribution in [0.5, 0.6) is 0 Å². The van der Waals surface area contributed by atoms with Crippen molar-refractivity contribution in [2.45, 2.75) is 19.4 Å². The summed E-state index contributed by atoms with van der Waals surface area (Å²) in [6.45, 7) is 1.68. The fourth-order valence-electron chi connectivity index (χ4n) is 1.85. The average molecular weight is 244 g/mol. The molecule has 3 aromatic rings. The molecule has 0 spiro atoms. The number of aromatic nitrogens is 2. The van der Waals surface area contributed by atoms with Gasteiger partial charge < -0.3 is 14.0 Å². The van der Waals surface area contributed by atoms with Gasteiger partial charge in [0.05, 0.1) is 18.1 Å². The largest absolute Gasteiger partial charge is 0.464 e. The minimum absolute atomic E-state index is 0.350. The molecule has 0 fully saturated rings. The molecule has 2 aromatic heterocycles. The standard InChI is InChI=1S/C13H12N2O3/c1-8(16)6-12-14-13(15-18-12)10-7-17-11-5-3-2-4-9(10)11/h2-5,7-8,16H,6H2,1H3. The van der Waals surface area contributed by atoms with Crippen molar-refractivity contribution in [2.24, 2.45) is 0 Å². The molecule has 3 rings (SSSR count). The number of aliphatic hydroxyl groups excluding tert-OH is 1. The third kappa shape index (κ3) is 1.89. The van der Waals surface area contributed by atoms with Gasteiger partial charge in [0, 0.05) is 5.39 Å². The minimum atomic E-state index is -0.501. The summed E-state index contributed by atoms with van der Waals surface area (Å²) in [6.07, 6.45) is 1.46. The van der Waals surface area contributed by atoms with Crippen molar-refractivity contribution in [1.82, 2.24) is 10.1 Å². The lowest BCUT2D eigenvalue weighted by Crippen LogP contribution is -2.04. The van der Waals surface area contributed by atoms with Crippen LogP contribution in [0.15, 0.2) is 39.5 Å². The first kappa shape index (κ1) is 11.0. The number of para-hydroxylation sites is 1. The van der Waals surface area contributed by atoms with E-state index in [0.717, 1.165) is 16.5 Å². The van der Waals surface area contributed by atoms with E-state index in [1.165, 1.54) is 0 Å². The molecule has 5 nitrogen and oxygen atoms in total. The van der Waals surface area contributed by atoms with Crippen LogP contribution in [0, 0.1) is 0 Å². The van der Waals surface area contributed by atoms with E-state index in [4.69, 9.17) is 8.94 Å². The summed E-state index contributed by atoms with van der Waals surface area (Å²) in [5.41, 5.74) is 1.58. The summed E-state index contributed by atoms with van der Waals surface area (Å²) in [4.78, 5) is 4.25. The lowest BCUT2D eigenvalue weighted by atomic mass is 10.2. The topological polar surface area (TPSA) is 72.3 Å². The van der Waals surface area contributed by atoms with Gasteiger partial charge in [-0.05, 0) is 13.0 Å². The van der Waals surface area contributed by atoms with Gasteiger partial charge in [0.2, 0.25) is 11.7 Å². The number of rotatable bonds is 3. The molecule has 0 aliphatic heterocycles. The Labute approximate surface area is 103 Å². The molecule has 0 saturated carbocycles. The Morgan fingerprint density at radius 1 is 1.33 bits per heavy atom. The van der Waals surface area contributed by atoms with Crippen molar-refractivity contribution in [3.8, 4) is 11.4 Å². The Hall–Kier alpha value is -2.14. The van der Waals surface area contributed by atoms with Crippen molar-refractivity contribution < 1.29 is 14.0 Å². The van der Waals surface area contributed by atoms with Crippen LogP contribution in [0.3, 0.4) is 0 Å². The molecule has 0 saturated heterocycles. The molecule has 1 N–H and O–H groups in total. The highest BCUT2D eigenvalue weighted by molar-refractivity contribution is 5.91. The summed E-state index contributed by atoms with van der Waals surface area (Å²) < 4.78 is 10.5. The van der Waals surface area contributed by atoms with Crippen LogP contribution >= 0.6 is 0 Å². The van der Waals surface area contributed by atoms with Crippen LogP contribution in [0.1, 0.15) is 12.8 Å². The van der Waals surface area contributed by atoms with Crippen LogP contribution in [-0.2, 0) is 6.42 Å². The molecular weight excluding hydrogens is 232 g/mol. The Kier molecular flexibility index (Phi) is 2.60. The SMILES string of the molecule is CC(O)Cc1nc(-c2coc3ccccc23)no1. The van der Waals surface area contributed by atoms with Crippen LogP contribution in [-0.4, -0.2) is 21.4 Å². The van der Waals surface area contributed by atoms with Gasteiger partial charge in [-0.3, -0.25) is 0 Å². The smallest absolute Gasteiger partial charge is 0.229 e. The van der Waals surface area contributed by atoms with Gasteiger partial charge in [-0.15, -0.1) is 0 Å². The summed E-state index contributed by atoms with van der Waals surface area (Å²) in [5, 5.41) is 14.1. The predicted octanol–water partition coefficient (Wildman–Crippen LogP) is 2.41. The highest BCUT2D eigenvalue weighted by atomic mass is 16.5. The fourth-order valence-corrected chi connectivity index (χ4v) is 1.85. The Morgan fingerprint density at radius 2 is 2.17 bits per heavy atom. The summed E-state index contributed by atoms with van der Waals surface area (Å²) in [7, 11) is 0. The zero-order valence-electron chi connectivity index (χ0n) is 9.83. The number of benzene rings is 1. The lowest BCUT2D eigenvalue weighted by Gasteiger charge is -1.95. The second-order valence-electron chi connectivity index (χ2n) is 4.21. The van der Waals surface area contributed by atoms with Crippen molar-refractivity contribution in [3.05, 3.63) is 36.4 Å². The van der Waals surface area contributed by atoms with Crippen LogP contribution in [0.2, 0.25) is 0 Å². The maximum Gasteiger partial charge on any atom is 0.229 e. The van der Waals surface area contributed by atoms with Gasteiger partial charge in [-0.2, -0.15) is 4.98 Å². The monoisotopic (exact) mass is 244 g/mol. The van der Waals surface area contributed by atoms with E-state index < -0.39 is 6.10 Å². The first-order valence-corrected chi connectivity index (χ1v) is 5.71. The molecule has 1 aromatic carbocycles. The van der Waals surface area contributed by atoms with Gasteiger partial charge >= 0.3 is 0 Å². The number of hydrogen-bond acceptors (Lipinski definition) is 5. The number of fused-ring (bicyclic) bond motifs is 1. The van der Waals surface area contributed by atoms with E-state index >= 15 is 0 Å². The molecule has 18 heavy (non-hydrogen) atoms. The highest BCUT2D eigenvalue weighted by Gasteiger charge is 2.14. The molecule has 92 valence electrons. The maximum atomic E-state index is 9.27. The van der Waals surface area contributed by atoms with E-state index in [2.05, 4.69) is 10.1 Å². The lowest BCUT2D eigenvalue weighted by molar-refractivity contribution is 0.181. The molecule has 0 bridgehead atoms. The van der Waals surface area contributed by atoms with Crippen LogP contribution in [0.25, 0.3) is 22.4 Å². The van der Waals surface area contributed by atoms with Crippen LogP contribution in [0.4, 0.5) is 0 Å². The van der Waals surface area contributed by atoms with Gasteiger partial charge in [0.25, 0.3) is 0 Å². The summed E-state index contributed by atoms with van der Waals surface area (Å²) >= 11 is 0. The zero-order valence-corrected chi connectivity index (χ0v) is 9.83. The van der Waals surface area contributed by atoms with Gasteiger partial charge in [0.15, 0.2) is 0 Å². The zero-order chi connectivity index (χ0) is 12.5. The number of nitrogens with zero attached hydrogens (tertiary/aromatic N) is 2. The fraction of sp³-hybridized carbons (Fsp3) is 0.231. The van der Waals surface area contributed by atoms with Gasteiger partial charge in [0.1, 0.15) is 11.8 Å². The Balaban J connectivity index is 2.01. The number of furan rings is 1. The first-order chi connectivity index (χ1) is 8.74. The van der Waals surface area contributed by atoms with E-state index in [0.29, 0.717) is 18.1 Å². The molecular formula is C13H12N2O3. The third-order valence-corrected chi connectivity index (χ3v) is 2.66. The molecule has 0 radical (unpaired) electrons. The van der Waals surface area contributed by atoms with Crippen molar-refractivity contribution >= 4 is 11.0 Å². The molecule has 0 aliphatic rings. The Morgan fingerprint density at radius 3 is 3.00 bits per heavy atom. The van der Waals surface area contributed by atoms with E-state index in [-0.39, 0.29) is 0 Å². The van der Waals surface area contributed by atoms with Crippen molar-refractivity contribution in [1.29, 1.82) is 0 Å². The van der Waals surface area contributed by atoms with E-state index in [9.17, 15) is 5.11 Å². The number of aliphatic hydroxyl groups is 1. The van der Waals surface area contributed by atoms with E-state index in [1.54, 1.807) is 13.2 Å². The van der Waals surface area contributed by atoms with Crippen molar-refractivity contribution in [3.63, 3.8) is 0 Å². The average Bonchev–Trinajstić information content (AvgIpc) is 2.94. The predicted molar refractivity (Wildman–Crippen MR) is 64.9 cm³/mol. The Bertz CT molecular complexity index is 669. The molecule has 0 aliphatic carbocycles. The van der Waals surface area contributed by atoms with E-state index in [1.807, 2.05) is 24.3 Å². The molecule has 1 atom stereocenters. The highest BCUT2D eigenvalue weighted by Crippen LogP contribution is 2.28. The summed E-state index contributed by atoms with van der Waals surface area (Å²) in [5.74, 6) is 0.904. The quantitative estimate of drug-likeness (QED) is 0.765. The molecule has 5 heteroatoms. The normalized spacial score (nSPS) is 13.0. The first-order valence-electron chi connectivity index (χ1n) is 5.71. The molecule has 2 heterocycles. The molecule has 0 amide bonds. The second kappa shape index (κ2) is 4.27.